The lowest BCUT2D eigenvalue weighted by atomic mass is 10.1. The molecule has 0 spiro atoms. The molecule has 0 aromatic carbocycles. The van der Waals surface area contributed by atoms with Crippen LogP contribution in [0.1, 0.15) is 53.9 Å². The van der Waals surface area contributed by atoms with E-state index in [0.717, 1.165) is 25.7 Å². The lowest BCUT2D eigenvalue weighted by Crippen LogP contribution is -2.33. The van der Waals surface area contributed by atoms with Crippen molar-refractivity contribution in [2.45, 2.75) is 59.9 Å². The van der Waals surface area contributed by atoms with Gasteiger partial charge in [0.15, 0.2) is 0 Å². The third-order valence-corrected chi connectivity index (χ3v) is 2.91. The first-order chi connectivity index (χ1) is 9.28. The van der Waals surface area contributed by atoms with Crippen LogP contribution in [0.5, 0.6) is 0 Å². The summed E-state index contributed by atoms with van der Waals surface area (Å²) in [4.78, 5) is 10.7. The van der Waals surface area contributed by atoms with E-state index in [1.165, 1.54) is 32.2 Å². The van der Waals surface area contributed by atoms with Gasteiger partial charge in [-0.25, -0.2) is 0 Å². The van der Waals surface area contributed by atoms with Gasteiger partial charge in [0.05, 0.1) is 6.61 Å². The quantitative estimate of drug-likeness (QED) is 0.627. The number of aliphatic hydroxyl groups is 1. The molecule has 1 saturated heterocycles. The minimum atomic E-state index is -0.250. The average Bonchev–Trinajstić information content (AvgIpc) is 2.93. The summed E-state index contributed by atoms with van der Waals surface area (Å²) in [5.74, 6) is 0. The van der Waals surface area contributed by atoms with Crippen LogP contribution in [0.25, 0.3) is 0 Å². The van der Waals surface area contributed by atoms with Crippen molar-refractivity contribution in [1.29, 1.82) is 0 Å². The van der Waals surface area contributed by atoms with Gasteiger partial charge in [-0.2, -0.15) is 0 Å². The van der Waals surface area contributed by atoms with Crippen molar-refractivity contribution in [1.82, 2.24) is 10.2 Å². The predicted molar refractivity (Wildman–Crippen MR) is 86.2 cm³/mol. The summed E-state index contributed by atoms with van der Waals surface area (Å²) in [7, 11) is 0. The Bertz CT molecular complexity index is 169. The molecule has 5 nitrogen and oxygen atoms in total. The first kappa shape index (κ1) is 24.4. The molecule has 0 aromatic rings. The molecular formula is C15H36N2O3. The first-order valence-corrected chi connectivity index (χ1v) is 7.42. The number of nitrogens with one attached hydrogen (secondary N) is 1. The van der Waals surface area contributed by atoms with Gasteiger partial charge in [0.2, 0.25) is 0 Å². The number of carbonyl (C=O) groups is 1. The molecule has 3 N–H and O–H groups in total. The van der Waals surface area contributed by atoms with Crippen LogP contribution in [0.15, 0.2) is 0 Å². The Balaban J connectivity index is -0.000000426. The number of hydrogen-bond acceptors (Lipinski definition) is 4. The normalized spacial score (nSPS) is 16.4. The van der Waals surface area contributed by atoms with Crippen LogP contribution in [0, 0.1) is 0 Å². The van der Waals surface area contributed by atoms with Crippen molar-refractivity contribution in [3.8, 4) is 0 Å². The van der Waals surface area contributed by atoms with Crippen LogP contribution < -0.4 is 5.32 Å². The fourth-order valence-electron chi connectivity index (χ4n) is 2.13. The molecule has 1 aliphatic heterocycles. The molecule has 0 aliphatic carbocycles. The molecule has 1 fully saturated rings. The summed E-state index contributed by atoms with van der Waals surface area (Å²) in [5, 5.41) is 19.3. The molecule has 1 unspecified atom stereocenters. The second-order valence-corrected chi connectivity index (χ2v) is 4.25. The second-order valence-electron chi connectivity index (χ2n) is 4.25. The Morgan fingerprint density at radius 1 is 1.30 bits per heavy atom. The van der Waals surface area contributed by atoms with Gasteiger partial charge in [-0.05, 0) is 45.3 Å². The highest BCUT2D eigenvalue weighted by Gasteiger charge is 2.14. The maximum Gasteiger partial charge on any atom is 0.290 e. The van der Waals surface area contributed by atoms with E-state index in [0.29, 0.717) is 0 Å². The summed E-state index contributed by atoms with van der Waals surface area (Å²) >= 11 is 0. The van der Waals surface area contributed by atoms with E-state index in [1.54, 1.807) is 0 Å². The van der Waals surface area contributed by atoms with E-state index >= 15 is 0 Å². The van der Waals surface area contributed by atoms with Gasteiger partial charge in [0.1, 0.15) is 0 Å². The Hall–Kier alpha value is -0.650. The Morgan fingerprint density at radius 2 is 1.90 bits per heavy atom. The molecule has 0 amide bonds. The van der Waals surface area contributed by atoms with E-state index in [-0.39, 0.29) is 20.5 Å². The monoisotopic (exact) mass is 292 g/mol. The van der Waals surface area contributed by atoms with Gasteiger partial charge in [0.25, 0.3) is 6.47 Å². The summed E-state index contributed by atoms with van der Waals surface area (Å²) in [6.07, 6.45) is 5.08. The lowest BCUT2D eigenvalue weighted by molar-refractivity contribution is -0.122. The van der Waals surface area contributed by atoms with E-state index in [9.17, 15) is 0 Å². The van der Waals surface area contributed by atoms with Crippen molar-refractivity contribution in [2.75, 3.05) is 32.8 Å². The zero-order chi connectivity index (χ0) is 14.9. The SMILES string of the molecule is C.CC.CCCN(CCO)CCC1CCCN1.O=CO. The van der Waals surface area contributed by atoms with E-state index in [1.807, 2.05) is 13.8 Å². The van der Waals surface area contributed by atoms with Gasteiger partial charge in [-0.15, -0.1) is 0 Å². The smallest absolute Gasteiger partial charge is 0.290 e. The number of nitrogens with zero attached hydrogens (tertiary/aromatic N) is 1. The molecule has 1 atom stereocenters. The highest BCUT2D eigenvalue weighted by Crippen LogP contribution is 2.09. The van der Waals surface area contributed by atoms with Gasteiger partial charge >= 0.3 is 0 Å². The maximum absolute atomic E-state index is 8.90. The summed E-state index contributed by atoms with van der Waals surface area (Å²) in [6.45, 7) is 10.5. The number of aliphatic hydroxyl groups excluding tert-OH is 1. The third kappa shape index (κ3) is 15.4. The van der Waals surface area contributed by atoms with Gasteiger partial charge < -0.3 is 20.4 Å². The lowest BCUT2D eigenvalue weighted by Gasteiger charge is -2.22. The Morgan fingerprint density at radius 3 is 2.30 bits per heavy atom. The highest BCUT2D eigenvalue weighted by atomic mass is 16.3. The van der Waals surface area contributed by atoms with Gasteiger partial charge in [-0.3, -0.25) is 4.79 Å². The topological polar surface area (TPSA) is 72.8 Å². The second kappa shape index (κ2) is 20.7. The van der Waals surface area contributed by atoms with E-state index in [2.05, 4.69) is 17.1 Å². The molecule has 0 aromatic heterocycles. The van der Waals surface area contributed by atoms with Crippen LogP contribution >= 0.6 is 0 Å². The van der Waals surface area contributed by atoms with Gasteiger partial charge in [-0.1, -0.05) is 28.2 Å². The highest BCUT2D eigenvalue weighted by molar-refractivity contribution is 5.32. The molecule has 0 radical (unpaired) electrons. The van der Waals surface area contributed by atoms with Crippen LogP contribution in [0.2, 0.25) is 0 Å². The fourth-order valence-corrected chi connectivity index (χ4v) is 2.13. The summed E-state index contributed by atoms with van der Waals surface area (Å²) in [6, 6.07) is 0.730. The van der Waals surface area contributed by atoms with Crippen LogP contribution in [0.4, 0.5) is 0 Å². The molecule has 5 heteroatoms. The first-order valence-electron chi connectivity index (χ1n) is 7.42. The molecule has 0 saturated carbocycles. The Labute approximate surface area is 125 Å². The number of rotatable bonds is 7. The summed E-state index contributed by atoms with van der Waals surface area (Å²) < 4.78 is 0. The molecule has 1 aliphatic rings. The number of carboxylic acid groups (broad SMARTS) is 1. The van der Waals surface area contributed by atoms with Crippen molar-refractivity contribution < 1.29 is 15.0 Å². The third-order valence-electron chi connectivity index (χ3n) is 2.91. The van der Waals surface area contributed by atoms with E-state index in [4.69, 9.17) is 15.0 Å². The molecule has 0 bridgehead atoms. The van der Waals surface area contributed by atoms with Crippen LogP contribution in [-0.4, -0.2) is 60.4 Å². The van der Waals surface area contributed by atoms with Crippen molar-refractivity contribution >= 4 is 6.47 Å². The predicted octanol–water partition coefficient (Wildman–Crippen LogP) is 2.20. The standard InChI is InChI=1S/C11H24N2O.C2H6.CH2O2.CH4/c1-2-7-13(9-10-14)8-5-11-4-3-6-12-11;1-2;2-1-3;/h11-12,14H,2-10H2,1H3;1-2H3;1H,(H,2,3);1H4. The fraction of sp³-hybridized carbons (Fsp3) is 0.933. The zero-order valence-electron chi connectivity index (χ0n) is 12.8. The zero-order valence-corrected chi connectivity index (χ0v) is 12.8. The molecule has 1 heterocycles. The molecule has 124 valence electrons. The van der Waals surface area contributed by atoms with Crippen molar-refractivity contribution in [3.05, 3.63) is 0 Å². The number of hydrogen-bond donors (Lipinski definition) is 3. The average molecular weight is 292 g/mol. The summed E-state index contributed by atoms with van der Waals surface area (Å²) in [5.41, 5.74) is 0. The van der Waals surface area contributed by atoms with Gasteiger partial charge in [0, 0.05) is 12.6 Å². The largest absolute Gasteiger partial charge is 0.483 e. The maximum atomic E-state index is 8.90. The molecule has 20 heavy (non-hydrogen) atoms. The van der Waals surface area contributed by atoms with Crippen LogP contribution in [0.3, 0.4) is 0 Å². The minimum Gasteiger partial charge on any atom is -0.483 e. The Kier molecular flexibility index (Phi) is 25.2. The molecule has 1 rings (SSSR count). The minimum absolute atomic E-state index is 0. The molecular weight excluding hydrogens is 256 g/mol. The van der Waals surface area contributed by atoms with E-state index < -0.39 is 0 Å². The van der Waals surface area contributed by atoms with Crippen LogP contribution in [-0.2, 0) is 4.79 Å². The van der Waals surface area contributed by atoms with Crippen molar-refractivity contribution in [2.24, 2.45) is 0 Å². The van der Waals surface area contributed by atoms with Crippen molar-refractivity contribution in [3.63, 3.8) is 0 Å².